The van der Waals surface area contributed by atoms with E-state index in [1.807, 2.05) is 0 Å². The Labute approximate surface area is 264 Å². The second kappa shape index (κ2) is 13.3. The monoisotopic (exact) mass is 673 g/mol. The molecule has 1 heterocycles. The number of carbonyl (C=O) groups excluding carboxylic acids is 3. The zero-order valence-electron chi connectivity index (χ0n) is 23.8. The normalized spacial score (nSPS) is 17.9. The fraction of sp³-hybridized carbons (Fsp3) is 0.323. The predicted molar refractivity (Wildman–Crippen MR) is 156 cm³/mol. The molecular formula is C31H27Cl2F6N3O3. The first-order valence-corrected chi connectivity index (χ1v) is 14.4. The minimum Gasteiger partial charge on any atom is -0.341 e. The topological polar surface area (TPSA) is 69.7 Å². The number of carbonyl (C=O) groups is 3. The minimum absolute atomic E-state index is 0.00101. The van der Waals surface area contributed by atoms with Crippen molar-refractivity contribution in [1.82, 2.24) is 15.1 Å². The summed E-state index contributed by atoms with van der Waals surface area (Å²) in [6.07, 6.45) is -10.1. The van der Waals surface area contributed by atoms with Crippen LogP contribution in [0, 0.1) is 0 Å². The van der Waals surface area contributed by atoms with Crippen LogP contribution in [0.3, 0.4) is 0 Å². The van der Waals surface area contributed by atoms with Gasteiger partial charge in [0.05, 0.1) is 21.2 Å². The lowest BCUT2D eigenvalue weighted by atomic mass is 9.84. The third kappa shape index (κ3) is 7.91. The summed E-state index contributed by atoms with van der Waals surface area (Å²) in [4.78, 5) is 42.1. The van der Waals surface area contributed by atoms with Crippen molar-refractivity contribution in [3.8, 4) is 0 Å². The van der Waals surface area contributed by atoms with Crippen molar-refractivity contribution in [2.45, 2.75) is 43.7 Å². The fourth-order valence-corrected chi connectivity index (χ4v) is 5.62. The maximum absolute atomic E-state index is 13.5. The maximum Gasteiger partial charge on any atom is 0.416 e. The van der Waals surface area contributed by atoms with Crippen molar-refractivity contribution < 1.29 is 40.7 Å². The Morgan fingerprint density at radius 2 is 1.47 bits per heavy atom. The van der Waals surface area contributed by atoms with Crippen LogP contribution >= 0.6 is 23.2 Å². The van der Waals surface area contributed by atoms with Crippen LogP contribution in [0.4, 0.5) is 26.3 Å². The van der Waals surface area contributed by atoms with Crippen molar-refractivity contribution in [3.63, 3.8) is 0 Å². The highest BCUT2D eigenvalue weighted by molar-refractivity contribution is 6.42. The van der Waals surface area contributed by atoms with E-state index >= 15 is 0 Å². The molecular weight excluding hydrogens is 647 g/mol. The standard InChI is InChI=1S/C31H27Cl2F6N3O3/c1-17(40-27(43)18-6-4-3-5-7-18)28(44)42-11-10-26(23(16-42)19-8-9-24(32)25(33)14-19)41(2)29(45)20-12-21(30(34,35)36)15-22(13-20)31(37,38)39/h3-9,12-15,17,23,26H,10-11,16H2,1-2H3,(H,40,43)/t17?,23-,26+/m0/s1. The van der Waals surface area contributed by atoms with Gasteiger partial charge in [-0.15, -0.1) is 0 Å². The summed E-state index contributed by atoms with van der Waals surface area (Å²) in [5.74, 6) is -2.62. The summed E-state index contributed by atoms with van der Waals surface area (Å²) in [7, 11) is 1.28. The highest BCUT2D eigenvalue weighted by Gasteiger charge is 2.41. The van der Waals surface area contributed by atoms with E-state index in [2.05, 4.69) is 5.32 Å². The summed E-state index contributed by atoms with van der Waals surface area (Å²) in [5.41, 5.74) is -3.12. The number of nitrogens with one attached hydrogen (secondary N) is 1. The summed E-state index contributed by atoms with van der Waals surface area (Å²) in [5, 5.41) is 3.05. The molecule has 3 amide bonds. The molecule has 4 rings (SSSR count). The highest BCUT2D eigenvalue weighted by Crippen LogP contribution is 2.38. The van der Waals surface area contributed by atoms with Crippen molar-refractivity contribution in [2.24, 2.45) is 0 Å². The SMILES string of the molecule is CC(NC(=O)c1ccccc1)C(=O)N1CC[C@@H](N(C)C(=O)c2cc(C(F)(F)F)cc(C(F)(F)F)c2)[C@H](c2ccc(Cl)c(Cl)c2)C1. The van der Waals surface area contributed by atoms with Crippen molar-refractivity contribution >= 4 is 40.9 Å². The average molecular weight is 674 g/mol. The van der Waals surface area contributed by atoms with Gasteiger partial charge in [-0.05, 0) is 61.4 Å². The van der Waals surface area contributed by atoms with Gasteiger partial charge in [0.25, 0.3) is 11.8 Å². The molecule has 0 radical (unpaired) electrons. The van der Waals surface area contributed by atoms with Gasteiger partial charge in [0.2, 0.25) is 5.91 Å². The molecule has 1 fully saturated rings. The van der Waals surface area contributed by atoms with Gasteiger partial charge < -0.3 is 15.1 Å². The lowest BCUT2D eigenvalue weighted by Gasteiger charge is -2.43. The molecule has 3 aromatic rings. The molecule has 3 aromatic carbocycles. The van der Waals surface area contributed by atoms with Gasteiger partial charge in [0.15, 0.2) is 0 Å². The number of amides is 3. The molecule has 0 aromatic heterocycles. The van der Waals surface area contributed by atoms with Gasteiger partial charge in [0, 0.05) is 43.2 Å². The molecule has 0 spiro atoms. The van der Waals surface area contributed by atoms with E-state index in [1.54, 1.807) is 36.4 Å². The number of likely N-dealkylation sites (tertiary alicyclic amines) is 1. The Balaban J connectivity index is 1.63. The molecule has 45 heavy (non-hydrogen) atoms. The van der Waals surface area contributed by atoms with Gasteiger partial charge in [-0.25, -0.2) is 0 Å². The number of benzene rings is 3. The summed E-state index contributed by atoms with van der Waals surface area (Å²) < 4.78 is 80.9. The Hall–Kier alpha value is -3.77. The number of piperidine rings is 1. The zero-order valence-corrected chi connectivity index (χ0v) is 25.4. The Morgan fingerprint density at radius 1 is 0.867 bits per heavy atom. The lowest BCUT2D eigenvalue weighted by molar-refractivity contribution is -0.143. The van der Waals surface area contributed by atoms with Crippen LogP contribution in [0.15, 0.2) is 66.7 Å². The van der Waals surface area contributed by atoms with Gasteiger partial charge in [-0.1, -0.05) is 47.5 Å². The van der Waals surface area contributed by atoms with E-state index in [0.29, 0.717) is 23.3 Å². The molecule has 3 atom stereocenters. The molecule has 240 valence electrons. The van der Waals surface area contributed by atoms with Crippen LogP contribution in [0.5, 0.6) is 0 Å². The molecule has 14 heteroatoms. The van der Waals surface area contributed by atoms with Crippen molar-refractivity contribution in [3.05, 3.63) is 105 Å². The van der Waals surface area contributed by atoms with Crippen molar-refractivity contribution in [1.29, 1.82) is 0 Å². The number of alkyl halides is 6. The number of hydrogen-bond donors (Lipinski definition) is 1. The minimum atomic E-state index is -5.13. The van der Waals surface area contributed by atoms with Crippen LogP contribution in [0.2, 0.25) is 10.0 Å². The summed E-state index contributed by atoms with van der Waals surface area (Å²) in [6.45, 7) is 1.60. The van der Waals surface area contributed by atoms with E-state index in [0.717, 1.165) is 4.90 Å². The van der Waals surface area contributed by atoms with E-state index in [4.69, 9.17) is 23.2 Å². The Bertz CT molecular complexity index is 1550. The van der Waals surface area contributed by atoms with Crippen molar-refractivity contribution in [2.75, 3.05) is 20.1 Å². The molecule has 0 bridgehead atoms. The van der Waals surface area contributed by atoms with Gasteiger partial charge in [0.1, 0.15) is 6.04 Å². The van der Waals surface area contributed by atoms with Gasteiger partial charge in [-0.2, -0.15) is 26.3 Å². The first-order chi connectivity index (χ1) is 21.0. The molecule has 1 aliphatic heterocycles. The van der Waals surface area contributed by atoms with E-state index in [9.17, 15) is 40.7 Å². The van der Waals surface area contributed by atoms with E-state index < -0.39 is 64.8 Å². The molecule has 1 saturated heterocycles. The van der Waals surface area contributed by atoms with E-state index in [1.165, 1.54) is 31.0 Å². The molecule has 1 unspecified atom stereocenters. The largest absolute Gasteiger partial charge is 0.416 e. The third-order valence-corrected chi connectivity index (χ3v) is 8.41. The van der Waals surface area contributed by atoms with Crippen LogP contribution in [0.25, 0.3) is 0 Å². The van der Waals surface area contributed by atoms with E-state index in [-0.39, 0.29) is 35.6 Å². The molecule has 1 aliphatic rings. The number of halogens is 8. The number of rotatable bonds is 6. The molecule has 0 saturated carbocycles. The first-order valence-electron chi connectivity index (χ1n) is 13.6. The van der Waals surface area contributed by atoms with Gasteiger partial charge >= 0.3 is 12.4 Å². The first kappa shape index (κ1) is 34.1. The smallest absolute Gasteiger partial charge is 0.341 e. The van der Waals surface area contributed by atoms with Crippen LogP contribution < -0.4 is 5.32 Å². The maximum atomic E-state index is 13.5. The number of likely N-dealkylation sites (N-methyl/N-ethyl adjacent to an activating group) is 1. The Morgan fingerprint density at radius 3 is 2.02 bits per heavy atom. The summed E-state index contributed by atoms with van der Waals surface area (Å²) in [6, 6.07) is 11.9. The molecule has 0 aliphatic carbocycles. The fourth-order valence-electron chi connectivity index (χ4n) is 5.31. The summed E-state index contributed by atoms with van der Waals surface area (Å²) >= 11 is 12.3. The molecule has 6 nitrogen and oxygen atoms in total. The lowest BCUT2D eigenvalue weighted by Crippen LogP contribution is -2.55. The van der Waals surface area contributed by atoms with Gasteiger partial charge in [-0.3, -0.25) is 14.4 Å². The number of hydrogen-bond acceptors (Lipinski definition) is 3. The highest BCUT2D eigenvalue weighted by atomic mass is 35.5. The third-order valence-electron chi connectivity index (χ3n) is 7.67. The Kier molecular flexibility index (Phi) is 10.1. The number of nitrogens with zero attached hydrogens (tertiary/aromatic N) is 2. The van der Waals surface area contributed by atoms with Crippen LogP contribution in [-0.2, 0) is 17.1 Å². The zero-order chi connectivity index (χ0) is 33.3. The van der Waals surface area contributed by atoms with Crippen LogP contribution in [-0.4, -0.2) is 59.7 Å². The van der Waals surface area contributed by atoms with Crippen LogP contribution in [0.1, 0.15) is 56.7 Å². The second-order valence-corrected chi connectivity index (χ2v) is 11.5. The molecule has 1 N–H and O–H groups in total. The predicted octanol–water partition coefficient (Wildman–Crippen LogP) is 7.31. The second-order valence-electron chi connectivity index (χ2n) is 10.7. The average Bonchev–Trinajstić information content (AvgIpc) is 3.00. The quantitative estimate of drug-likeness (QED) is 0.279.